The molecule has 4 heteroatoms. The molecule has 0 aliphatic rings. The number of rotatable bonds is 7. The van der Waals surface area contributed by atoms with E-state index in [-0.39, 0.29) is 5.97 Å². The lowest BCUT2D eigenvalue weighted by atomic mass is 10.2. The zero-order chi connectivity index (χ0) is 17.2. The van der Waals surface area contributed by atoms with Crippen LogP contribution >= 0.6 is 11.3 Å². The zero-order valence-corrected chi connectivity index (χ0v) is 15.2. The van der Waals surface area contributed by atoms with E-state index >= 15 is 0 Å². The molecule has 0 aromatic carbocycles. The van der Waals surface area contributed by atoms with E-state index in [2.05, 4.69) is 19.1 Å². The van der Waals surface area contributed by atoms with Crippen LogP contribution in [0.25, 0.3) is 6.08 Å². The highest BCUT2D eigenvalue weighted by Gasteiger charge is 2.01. The second-order valence-corrected chi connectivity index (χ2v) is 6.11. The Morgan fingerprint density at radius 2 is 2.00 bits per heavy atom. The summed E-state index contributed by atoms with van der Waals surface area (Å²) in [6.07, 6.45) is 11.4. The van der Waals surface area contributed by atoms with Gasteiger partial charge in [-0.1, -0.05) is 41.2 Å². The van der Waals surface area contributed by atoms with Gasteiger partial charge in [0.25, 0.3) is 0 Å². The van der Waals surface area contributed by atoms with Crippen molar-refractivity contribution in [2.45, 2.75) is 27.7 Å². The first-order valence-electron chi connectivity index (χ1n) is 7.48. The zero-order valence-electron chi connectivity index (χ0n) is 14.4. The predicted octanol–water partition coefficient (Wildman–Crippen LogP) is 5.09. The molecule has 0 aliphatic heterocycles. The van der Waals surface area contributed by atoms with E-state index in [0.29, 0.717) is 6.61 Å². The number of hydrogen-bond acceptors (Lipinski definition) is 4. The van der Waals surface area contributed by atoms with E-state index in [1.54, 1.807) is 25.4 Å². The SMILES string of the molecule is CCOC(=O)/C=C(C)/C=C/C=C(C)/C=C/c1sc(OC)cc1C. The molecular weight excluding hydrogens is 308 g/mol. The highest BCUT2D eigenvalue weighted by atomic mass is 32.1. The van der Waals surface area contributed by atoms with Crippen molar-refractivity contribution in [3.8, 4) is 5.06 Å². The van der Waals surface area contributed by atoms with Gasteiger partial charge in [0.15, 0.2) is 5.06 Å². The summed E-state index contributed by atoms with van der Waals surface area (Å²) < 4.78 is 10.1. The molecule has 1 heterocycles. The Kier molecular flexibility index (Phi) is 8.13. The third-order valence-electron chi connectivity index (χ3n) is 2.98. The van der Waals surface area contributed by atoms with Gasteiger partial charge in [0, 0.05) is 11.0 Å². The molecule has 0 amide bonds. The average Bonchev–Trinajstić information content (AvgIpc) is 2.85. The fourth-order valence-corrected chi connectivity index (χ4v) is 2.66. The van der Waals surface area contributed by atoms with Gasteiger partial charge >= 0.3 is 5.97 Å². The maximum absolute atomic E-state index is 11.3. The molecule has 124 valence electrons. The predicted molar refractivity (Wildman–Crippen MR) is 97.9 cm³/mol. The summed E-state index contributed by atoms with van der Waals surface area (Å²) in [5, 5.41) is 0.920. The fourth-order valence-electron chi connectivity index (χ4n) is 1.76. The normalized spacial score (nSPS) is 13.1. The van der Waals surface area contributed by atoms with E-state index in [1.807, 2.05) is 38.1 Å². The van der Waals surface area contributed by atoms with E-state index in [0.717, 1.165) is 16.2 Å². The third-order valence-corrected chi connectivity index (χ3v) is 4.15. The first-order chi connectivity index (χ1) is 11.0. The van der Waals surface area contributed by atoms with Crippen LogP contribution in [0, 0.1) is 6.92 Å². The number of methoxy groups -OCH3 is 1. The molecule has 1 aromatic rings. The molecule has 0 unspecified atom stereocenters. The van der Waals surface area contributed by atoms with Gasteiger partial charge in [-0.3, -0.25) is 0 Å². The summed E-state index contributed by atoms with van der Waals surface area (Å²) in [4.78, 5) is 12.5. The van der Waals surface area contributed by atoms with Crippen LogP contribution in [-0.2, 0) is 9.53 Å². The number of esters is 1. The van der Waals surface area contributed by atoms with E-state index < -0.39 is 0 Å². The van der Waals surface area contributed by atoms with Gasteiger partial charge in [-0.15, -0.1) is 0 Å². The van der Waals surface area contributed by atoms with Crippen LogP contribution in [0.1, 0.15) is 31.2 Å². The van der Waals surface area contributed by atoms with Crippen LogP contribution in [0.5, 0.6) is 5.06 Å². The van der Waals surface area contributed by atoms with Crippen LogP contribution in [0.15, 0.2) is 47.6 Å². The lowest BCUT2D eigenvalue weighted by molar-refractivity contribution is -0.137. The smallest absolute Gasteiger partial charge is 0.330 e. The number of carbonyl (C=O) groups excluding carboxylic acids is 1. The van der Waals surface area contributed by atoms with Gasteiger partial charge in [0.1, 0.15) is 0 Å². The molecule has 0 spiro atoms. The Morgan fingerprint density at radius 1 is 1.26 bits per heavy atom. The van der Waals surface area contributed by atoms with Crippen LogP contribution < -0.4 is 4.74 Å². The van der Waals surface area contributed by atoms with Gasteiger partial charge in [-0.25, -0.2) is 4.79 Å². The average molecular weight is 332 g/mol. The first kappa shape index (κ1) is 19.0. The Labute approximate surface area is 142 Å². The number of hydrogen-bond donors (Lipinski definition) is 0. The molecule has 1 rings (SSSR count). The van der Waals surface area contributed by atoms with Crippen LogP contribution in [-0.4, -0.2) is 19.7 Å². The van der Waals surface area contributed by atoms with E-state index in [1.165, 1.54) is 16.5 Å². The lowest BCUT2D eigenvalue weighted by Crippen LogP contribution is -1.99. The van der Waals surface area contributed by atoms with E-state index in [4.69, 9.17) is 9.47 Å². The highest BCUT2D eigenvalue weighted by molar-refractivity contribution is 7.14. The van der Waals surface area contributed by atoms with Crippen molar-refractivity contribution in [1.82, 2.24) is 0 Å². The van der Waals surface area contributed by atoms with Crippen LogP contribution in [0.4, 0.5) is 0 Å². The Bertz CT molecular complexity index is 646. The minimum absolute atomic E-state index is 0.308. The maximum Gasteiger partial charge on any atom is 0.330 e. The molecule has 3 nitrogen and oxygen atoms in total. The first-order valence-corrected chi connectivity index (χ1v) is 8.30. The molecule has 23 heavy (non-hydrogen) atoms. The van der Waals surface area contributed by atoms with Gasteiger partial charge in [0.2, 0.25) is 0 Å². The molecule has 0 fully saturated rings. The maximum atomic E-state index is 11.3. The molecule has 0 radical (unpaired) electrons. The second-order valence-electron chi connectivity index (χ2n) is 5.06. The summed E-state index contributed by atoms with van der Waals surface area (Å²) in [5.41, 5.74) is 3.19. The number of aryl methyl sites for hydroxylation is 1. The molecule has 1 aromatic heterocycles. The van der Waals surface area contributed by atoms with Crippen molar-refractivity contribution in [2.24, 2.45) is 0 Å². The summed E-state index contributed by atoms with van der Waals surface area (Å²) in [5.74, 6) is -0.308. The molecular formula is C19H24O3S. The summed E-state index contributed by atoms with van der Waals surface area (Å²) >= 11 is 1.63. The summed E-state index contributed by atoms with van der Waals surface area (Å²) in [6.45, 7) is 8.16. The van der Waals surface area contributed by atoms with Crippen molar-refractivity contribution in [3.05, 3.63) is 58.0 Å². The monoisotopic (exact) mass is 332 g/mol. The fraction of sp³-hybridized carbons (Fsp3) is 0.316. The van der Waals surface area contributed by atoms with Gasteiger partial charge in [-0.2, -0.15) is 0 Å². The summed E-state index contributed by atoms with van der Waals surface area (Å²) in [7, 11) is 1.68. The lowest BCUT2D eigenvalue weighted by Gasteiger charge is -1.96. The standard InChI is InChI=1S/C19H24O3S/c1-6-22-18(20)12-15(3)9-7-8-14(2)10-11-17-16(4)13-19(21-5)23-17/h7-13H,6H2,1-5H3/b9-7+,11-10+,14-8+,15-12+. The van der Waals surface area contributed by atoms with E-state index in [9.17, 15) is 4.79 Å². The van der Waals surface area contributed by atoms with Crippen LogP contribution in [0.2, 0.25) is 0 Å². The van der Waals surface area contributed by atoms with Crippen molar-refractivity contribution in [2.75, 3.05) is 13.7 Å². The summed E-state index contributed by atoms with van der Waals surface area (Å²) in [6, 6.07) is 2.03. The van der Waals surface area contributed by atoms with Crippen LogP contribution in [0.3, 0.4) is 0 Å². The van der Waals surface area contributed by atoms with Crippen molar-refractivity contribution in [3.63, 3.8) is 0 Å². The number of carbonyl (C=O) groups is 1. The molecule has 0 saturated heterocycles. The number of allylic oxidation sites excluding steroid dienone is 6. The van der Waals surface area contributed by atoms with Gasteiger partial charge in [0.05, 0.1) is 13.7 Å². The Balaban J connectivity index is 2.66. The number of thiophene rings is 1. The number of ether oxygens (including phenoxy) is 2. The topological polar surface area (TPSA) is 35.5 Å². The third kappa shape index (κ3) is 7.15. The highest BCUT2D eigenvalue weighted by Crippen LogP contribution is 2.29. The van der Waals surface area contributed by atoms with Crippen molar-refractivity contribution in [1.29, 1.82) is 0 Å². The van der Waals surface area contributed by atoms with Gasteiger partial charge < -0.3 is 9.47 Å². The van der Waals surface area contributed by atoms with Crippen molar-refractivity contribution >= 4 is 23.4 Å². The molecule has 0 atom stereocenters. The Morgan fingerprint density at radius 3 is 2.61 bits per heavy atom. The molecule has 0 saturated carbocycles. The minimum Gasteiger partial charge on any atom is -0.487 e. The molecule has 0 bridgehead atoms. The quantitative estimate of drug-likeness (QED) is 0.396. The molecule has 0 N–H and O–H groups in total. The molecule has 0 aliphatic carbocycles. The minimum atomic E-state index is -0.308. The Hall–Kier alpha value is -2.07. The van der Waals surface area contributed by atoms with Gasteiger partial charge in [-0.05, 0) is 51.0 Å². The van der Waals surface area contributed by atoms with Crippen molar-refractivity contribution < 1.29 is 14.3 Å². The largest absolute Gasteiger partial charge is 0.487 e. The second kappa shape index (κ2) is 9.85.